The summed E-state index contributed by atoms with van der Waals surface area (Å²) in [5, 5.41) is 11.6. The van der Waals surface area contributed by atoms with Crippen LogP contribution < -0.4 is 0 Å². The fourth-order valence-corrected chi connectivity index (χ4v) is 5.65. The van der Waals surface area contributed by atoms with E-state index in [0.717, 1.165) is 0 Å². The number of methoxy groups -OCH3 is 4. The highest BCUT2D eigenvalue weighted by molar-refractivity contribution is 6.03. The third-order valence-electron chi connectivity index (χ3n) is 7.93. The summed E-state index contributed by atoms with van der Waals surface area (Å²) < 4.78 is 58.0. The van der Waals surface area contributed by atoms with E-state index in [1.54, 1.807) is 42.5 Å². The van der Waals surface area contributed by atoms with Crippen molar-refractivity contribution in [1.29, 1.82) is 0 Å². The van der Waals surface area contributed by atoms with Crippen LogP contribution in [0.1, 0.15) is 31.1 Å². The number of aliphatic hydroxyl groups excluding tert-OH is 1. The molecule has 1 N–H and O–H groups in total. The van der Waals surface area contributed by atoms with Crippen LogP contribution in [0.4, 0.5) is 0 Å². The standard InChI is InChI=1S/C31H36O14/c1-36-22-20-15-41-29(35)18-13-9-8-12-17(18)28(34)40-14-19-21(32)23(45-31(43-20)25(38-3)24(22)37-2)26(30(39-4)42-19)44-27(33)16-10-6-5-7-11-16/h5-13,19-26,30-32H,14-15H2,1-4H3/t19-,20-,21-,22+,23+,24+,25-,26-,30+,31-/m1/s1. The molecule has 2 fully saturated rings. The molecule has 2 aromatic carbocycles. The van der Waals surface area contributed by atoms with Crippen LogP contribution in [0.3, 0.4) is 0 Å². The summed E-state index contributed by atoms with van der Waals surface area (Å²) in [4.78, 5) is 39.5. The lowest BCUT2D eigenvalue weighted by Crippen LogP contribution is -2.66. The summed E-state index contributed by atoms with van der Waals surface area (Å²) in [7, 11) is 5.62. The first kappa shape index (κ1) is 32.9. The normalized spacial score (nSPS) is 33.9. The topological polar surface area (TPSA) is 164 Å². The van der Waals surface area contributed by atoms with Crippen molar-refractivity contribution in [2.45, 2.75) is 61.4 Å². The second kappa shape index (κ2) is 14.7. The zero-order chi connectivity index (χ0) is 32.1. The van der Waals surface area contributed by atoms with Crippen LogP contribution in [0.2, 0.25) is 0 Å². The second-order valence-electron chi connectivity index (χ2n) is 10.5. The summed E-state index contributed by atoms with van der Waals surface area (Å²) >= 11 is 0. The molecule has 5 rings (SSSR count). The molecule has 3 heterocycles. The highest BCUT2D eigenvalue weighted by Crippen LogP contribution is 2.34. The van der Waals surface area contributed by atoms with Gasteiger partial charge in [0.1, 0.15) is 55.9 Å². The van der Waals surface area contributed by atoms with Gasteiger partial charge < -0.3 is 52.5 Å². The van der Waals surface area contributed by atoms with Crippen molar-refractivity contribution in [1.82, 2.24) is 0 Å². The Balaban J connectivity index is 1.55. The van der Waals surface area contributed by atoms with Crippen LogP contribution >= 0.6 is 0 Å². The van der Waals surface area contributed by atoms with Crippen LogP contribution in [0.5, 0.6) is 0 Å². The van der Waals surface area contributed by atoms with Gasteiger partial charge in [0, 0.05) is 28.4 Å². The molecule has 244 valence electrons. The van der Waals surface area contributed by atoms with Gasteiger partial charge in [-0.3, -0.25) is 0 Å². The number of fused-ring (bicyclic) bond motifs is 5. The maximum absolute atomic E-state index is 13.2. The highest BCUT2D eigenvalue weighted by atomic mass is 16.8. The first-order valence-corrected chi connectivity index (χ1v) is 14.3. The van der Waals surface area contributed by atoms with Crippen molar-refractivity contribution < 1.29 is 66.9 Å². The number of aliphatic hydroxyl groups is 1. The number of carbonyl (C=O) groups is 3. The molecule has 0 aromatic heterocycles. The minimum atomic E-state index is -1.54. The Morgan fingerprint density at radius 3 is 1.84 bits per heavy atom. The first-order valence-electron chi connectivity index (χ1n) is 14.3. The Kier molecular flexibility index (Phi) is 10.8. The molecule has 14 nitrogen and oxygen atoms in total. The highest BCUT2D eigenvalue weighted by Gasteiger charge is 2.54. The third-order valence-corrected chi connectivity index (χ3v) is 7.93. The molecule has 3 aliphatic rings. The third kappa shape index (κ3) is 6.88. The number of carbonyl (C=O) groups excluding carboxylic acids is 3. The molecule has 0 aliphatic carbocycles. The Hall–Kier alpha value is -3.47. The van der Waals surface area contributed by atoms with E-state index < -0.39 is 85.9 Å². The van der Waals surface area contributed by atoms with Gasteiger partial charge in [-0.05, 0) is 24.3 Å². The zero-order valence-electron chi connectivity index (χ0n) is 25.1. The molecule has 2 aromatic rings. The molecule has 0 radical (unpaired) electrons. The van der Waals surface area contributed by atoms with Crippen molar-refractivity contribution in [2.24, 2.45) is 0 Å². The number of cyclic esters (lactones) is 2. The van der Waals surface area contributed by atoms with E-state index in [2.05, 4.69) is 0 Å². The minimum Gasteiger partial charge on any atom is -0.459 e. The first-order chi connectivity index (χ1) is 21.8. The van der Waals surface area contributed by atoms with E-state index in [4.69, 9.17) is 47.4 Å². The Labute approximate surface area is 259 Å². The SMILES string of the molecule is CO[C@H]1O[C@@H]2COC(=O)c3ccccc3C(=O)OC[C@H]3O[C@H](O[C@@H]([C@@H]2O)[C@H]1OC(=O)c1ccccc1)[C@H](OC)[C@@H](OC)[C@H]3OC. The summed E-state index contributed by atoms with van der Waals surface area (Å²) in [6.07, 6.45) is -11.5. The van der Waals surface area contributed by atoms with E-state index >= 15 is 0 Å². The Morgan fingerprint density at radius 2 is 1.27 bits per heavy atom. The molecule has 0 saturated carbocycles. The molecule has 4 bridgehead atoms. The van der Waals surface area contributed by atoms with Crippen LogP contribution in [-0.4, -0.2) is 126 Å². The van der Waals surface area contributed by atoms with Crippen molar-refractivity contribution >= 4 is 17.9 Å². The number of hydrogen-bond donors (Lipinski definition) is 1. The maximum atomic E-state index is 13.2. The monoisotopic (exact) mass is 632 g/mol. The predicted octanol–water partition coefficient (Wildman–Crippen LogP) is 1.13. The predicted molar refractivity (Wildman–Crippen MR) is 150 cm³/mol. The van der Waals surface area contributed by atoms with Gasteiger partial charge in [-0.25, -0.2) is 14.4 Å². The van der Waals surface area contributed by atoms with E-state index in [9.17, 15) is 19.5 Å². The van der Waals surface area contributed by atoms with Gasteiger partial charge in [0.15, 0.2) is 18.7 Å². The second-order valence-corrected chi connectivity index (χ2v) is 10.5. The molecule has 3 aliphatic heterocycles. The molecule has 14 heteroatoms. The van der Waals surface area contributed by atoms with Crippen molar-refractivity contribution in [2.75, 3.05) is 41.7 Å². The number of benzene rings is 2. The van der Waals surface area contributed by atoms with Crippen LogP contribution in [0, 0.1) is 0 Å². The lowest BCUT2D eigenvalue weighted by molar-refractivity contribution is -0.361. The van der Waals surface area contributed by atoms with Gasteiger partial charge >= 0.3 is 17.9 Å². The molecule has 2 saturated heterocycles. The lowest BCUT2D eigenvalue weighted by atomic mass is 9.96. The van der Waals surface area contributed by atoms with Gasteiger partial charge in [0.25, 0.3) is 0 Å². The van der Waals surface area contributed by atoms with E-state index in [1.165, 1.54) is 40.6 Å². The quantitative estimate of drug-likeness (QED) is 0.356. The number of rotatable bonds is 6. The summed E-state index contributed by atoms with van der Waals surface area (Å²) in [6, 6.07) is 14.2. The van der Waals surface area contributed by atoms with Crippen LogP contribution in [-0.2, 0) is 47.4 Å². The molecule has 0 amide bonds. The minimum absolute atomic E-state index is 0.0429. The van der Waals surface area contributed by atoms with Crippen LogP contribution in [0.15, 0.2) is 54.6 Å². The average Bonchev–Trinajstić information content (AvgIpc) is 3.07. The summed E-state index contributed by atoms with van der Waals surface area (Å²) in [5.41, 5.74) is 0.133. The number of esters is 3. The molecule has 0 spiro atoms. The van der Waals surface area contributed by atoms with Gasteiger partial charge in [-0.1, -0.05) is 30.3 Å². The number of hydrogen-bond acceptors (Lipinski definition) is 14. The molecular weight excluding hydrogens is 596 g/mol. The van der Waals surface area contributed by atoms with E-state index in [0.29, 0.717) is 0 Å². The fourth-order valence-electron chi connectivity index (χ4n) is 5.65. The molecule has 10 atom stereocenters. The van der Waals surface area contributed by atoms with E-state index in [-0.39, 0.29) is 23.3 Å². The van der Waals surface area contributed by atoms with Crippen molar-refractivity contribution in [3.05, 3.63) is 71.3 Å². The molecular formula is C31H36O14. The van der Waals surface area contributed by atoms with Crippen molar-refractivity contribution in [3.8, 4) is 0 Å². The van der Waals surface area contributed by atoms with Gasteiger partial charge in [-0.15, -0.1) is 0 Å². The Morgan fingerprint density at radius 1 is 0.689 bits per heavy atom. The smallest absolute Gasteiger partial charge is 0.339 e. The molecule has 45 heavy (non-hydrogen) atoms. The largest absolute Gasteiger partial charge is 0.459 e. The molecule has 0 unspecified atom stereocenters. The van der Waals surface area contributed by atoms with Gasteiger partial charge in [0.2, 0.25) is 0 Å². The maximum Gasteiger partial charge on any atom is 0.339 e. The fraction of sp³-hybridized carbons (Fsp3) is 0.516. The number of ether oxygens (including phenoxy) is 10. The summed E-state index contributed by atoms with van der Waals surface area (Å²) in [6.45, 7) is -0.806. The van der Waals surface area contributed by atoms with Gasteiger partial charge in [-0.2, -0.15) is 0 Å². The van der Waals surface area contributed by atoms with Crippen molar-refractivity contribution in [3.63, 3.8) is 0 Å². The zero-order valence-corrected chi connectivity index (χ0v) is 25.1. The Bertz CT molecular complexity index is 1320. The summed E-state index contributed by atoms with van der Waals surface area (Å²) in [5.74, 6) is -2.40. The van der Waals surface area contributed by atoms with E-state index in [1.807, 2.05) is 0 Å². The van der Waals surface area contributed by atoms with Gasteiger partial charge in [0.05, 0.1) is 16.7 Å². The lowest BCUT2D eigenvalue weighted by Gasteiger charge is -2.48. The van der Waals surface area contributed by atoms with Crippen LogP contribution in [0.25, 0.3) is 0 Å². The average molecular weight is 633 g/mol.